The minimum atomic E-state index is -0.537. The van der Waals surface area contributed by atoms with Gasteiger partial charge in [-0.05, 0) is 40.5 Å². The molecule has 0 saturated carbocycles. The number of likely N-dealkylation sites (tertiary alicyclic amines) is 1. The number of nitrogens with one attached hydrogen (secondary N) is 1. The van der Waals surface area contributed by atoms with Crippen LogP contribution in [0.3, 0.4) is 0 Å². The Morgan fingerprint density at radius 3 is 2.52 bits per heavy atom. The number of nitrogens with zero attached hydrogens (tertiary/aromatic N) is 3. The largest absolute Gasteiger partial charge is 0.467 e. The van der Waals surface area contributed by atoms with Gasteiger partial charge in [0.1, 0.15) is 11.4 Å². The van der Waals surface area contributed by atoms with Gasteiger partial charge in [0.25, 0.3) is 0 Å². The van der Waals surface area contributed by atoms with E-state index in [2.05, 4.69) is 15.3 Å². The highest BCUT2D eigenvalue weighted by molar-refractivity contribution is 5.68. The second-order valence-corrected chi connectivity index (χ2v) is 7.41. The van der Waals surface area contributed by atoms with Gasteiger partial charge < -0.3 is 24.8 Å². The van der Waals surface area contributed by atoms with Crippen LogP contribution in [0.1, 0.15) is 39.3 Å². The average Bonchev–Trinajstić information content (AvgIpc) is 2.53. The number of aryl methyl sites for hydroxylation is 1. The van der Waals surface area contributed by atoms with Crippen LogP contribution in [0.2, 0.25) is 0 Å². The van der Waals surface area contributed by atoms with Crippen LogP contribution in [-0.2, 0) is 4.74 Å². The van der Waals surface area contributed by atoms with Crippen LogP contribution in [0.25, 0.3) is 0 Å². The average molecular weight is 352 g/mol. The zero-order valence-corrected chi connectivity index (χ0v) is 15.6. The number of aliphatic hydroxyl groups excluding tert-OH is 1. The third kappa shape index (κ3) is 5.19. The maximum Gasteiger partial charge on any atom is 0.410 e. The number of hydrogen-bond donors (Lipinski definition) is 2. The first kappa shape index (κ1) is 19.2. The summed E-state index contributed by atoms with van der Waals surface area (Å²) in [6.45, 7) is 8.34. The lowest BCUT2D eigenvalue weighted by Gasteiger charge is -2.41. The Balaban J connectivity index is 2.04. The number of aliphatic hydroxyl groups is 1. The smallest absolute Gasteiger partial charge is 0.410 e. The van der Waals surface area contributed by atoms with E-state index in [9.17, 15) is 9.90 Å². The lowest BCUT2D eigenvalue weighted by atomic mass is 9.88. The van der Waals surface area contributed by atoms with Gasteiger partial charge in [-0.1, -0.05) is 0 Å². The minimum Gasteiger partial charge on any atom is -0.467 e. The molecular weight excluding hydrogens is 324 g/mol. The standard InChI is InChI=1S/C17H28N4O4/c1-12-10-13(19-14(18-12)24-5)20-17(11-22)6-8-21(9-7-17)15(23)25-16(2,3)4/h10,22H,6-9,11H2,1-5H3,(H,18,19,20). The molecule has 0 aromatic carbocycles. The summed E-state index contributed by atoms with van der Waals surface area (Å²) in [5.41, 5.74) is -0.283. The van der Waals surface area contributed by atoms with Gasteiger partial charge in [0.15, 0.2) is 0 Å². The van der Waals surface area contributed by atoms with Crippen molar-refractivity contribution in [3.05, 3.63) is 11.8 Å². The number of methoxy groups -OCH3 is 1. The molecule has 25 heavy (non-hydrogen) atoms. The van der Waals surface area contributed by atoms with Crippen molar-refractivity contribution in [1.29, 1.82) is 0 Å². The molecule has 1 fully saturated rings. The summed E-state index contributed by atoms with van der Waals surface area (Å²) >= 11 is 0. The number of anilines is 1. The van der Waals surface area contributed by atoms with E-state index in [0.29, 0.717) is 31.7 Å². The molecule has 1 aromatic rings. The zero-order chi connectivity index (χ0) is 18.7. The molecule has 1 amide bonds. The Labute approximate surface area is 148 Å². The minimum absolute atomic E-state index is 0.0550. The third-order valence-corrected chi connectivity index (χ3v) is 4.08. The number of rotatable bonds is 4. The molecule has 0 bridgehead atoms. The van der Waals surface area contributed by atoms with Crippen LogP contribution in [0.4, 0.5) is 10.6 Å². The maximum absolute atomic E-state index is 12.2. The predicted octanol–water partition coefficient (Wildman–Crippen LogP) is 1.97. The zero-order valence-electron chi connectivity index (χ0n) is 15.6. The van der Waals surface area contributed by atoms with E-state index in [1.165, 1.54) is 7.11 Å². The van der Waals surface area contributed by atoms with E-state index in [1.807, 2.05) is 27.7 Å². The number of carbonyl (C=O) groups is 1. The number of aromatic nitrogens is 2. The summed E-state index contributed by atoms with van der Waals surface area (Å²) in [5.74, 6) is 0.601. The lowest BCUT2D eigenvalue weighted by molar-refractivity contribution is 0.0147. The molecule has 0 unspecified atom stereocenters. The highest BCUT2D eigenvalue weighted by atomic mass is 16.6. The summed E-state index contributed by atoms with van der Waals surface area (Å²) in [4.78, 5) is 22.3. The molecule has 0 spiro atoms. The fraction of sp³-hybridized carbons (Fsp3) is 0.706. The molecule has 8 heteroatoms. The number of amides is 1. The summed E-state index contributed by atoms with van der Waals surface area (Å²) in [6, 6.07) is 2.09. The number of hydrogen-bond acceptors (Lipinski definition) is 7. The highest BCUT2D eigenvalue weighted by Gasteiger charge is 2.37. The van der Waals surface area contributed by atoms with Crippen molar-refractivity contribution < 1.29 is 19.4 Å². The van der Waals surface area contributed by atoms with Gasteiger partial charge in [-0.3, -0.25) is 0 Å². The van der Waals surface area contributed by atoms with Crippen molar-refractivity contribution in [3.63, 3.8) is 0 Å². The van der Waals surface area contributed by atoms with Crippen LogP contribution in [0.15, 0.2) is 6.07 Å². The van der Waals surface area contributed by atoms with Crippen molar-refractivity contribution in [2.24, 2.45) is 0 Å². The Morgan fingerprint density at radius 2 is 2.00 bits per heavy atom. The Hall–Kier alpha value is -2.09. The van der Waals surface area contributed by atoms with E-state index in [-0.39, 0.29) is 18.7 Å². The molecular formula is C17H28N4O4. The monoisotopic (exact) mass is 352 g/mol. The molecule has 2 N–H and O–H groups in total. The van der Waals surface area contributed by atoms with E-state index >= 15 is 0 Å². The quantitative estimate of drug-likeness (QED) is 0.855. The van der Waals surface area contributed by atoms with Crippen LogP contribution < -0.4 is 10.1 Å². The topological polar surface area (TPSA) is 96.8 Å². The van der Waals surface area contributed by atoms with Crippen molar-refractivity contribution in [2.75, 3.05) is 32.1 Å². The number of piperidine rings is 1. The van der Waals surface area contributed by atoms with Gasteiger partial charge >= 0.3 is 12.1 Å². The molecule has 1 aliphatic heterocycles. The fourth-order valence-corrected chi connectivity index (χ4v) is 2.73. The Bertz CT molecular complexity index is 607. The number of ether oxygens (including phenoxy) is 2. The molecule has 2 heterocycles. The van der Waals surface area contributed by atoms with Gasteiger partial charge in [0.2, 0.25) is 0 Å². The maximum atomic E-state index is 12.2. The molecule has 0 aliphatic carbocycles. The Kier molecular flexibility index (Phi) is 5.72. The fourth-order valence-electron chi connectivity index (χ4n) is 2.73. The predicted molar refractivity (Wildman–Crippen MR) is 93.8 cm³/mol. The van der Waals surface area contributed by atoms with Gasteiger partial charge in [-0.15, -0.1) is 0 Å². The molecule has 1 saturated heterocycles. The van der Waals surface area contributed by atoms with Crippen molar-refractivity contribution in [2.45, 2.75) is 51.7 Å². The lowest BCUT2D eigenvalue weighted by Crippen LogP contribution is -2.53. The van der Waals surface area contributed by atoms with Gasteiger partial charge in [-0.25, -0.2) is 9.78 Å². The molecule has 2 rings (SSSR count). The second-order valence-electron chi connectivity index (χ2n) is 7.41. The first-order valence-corrected chi connectivity index (χ1v) is 8.43. The normalized spacial score (nSPS) is 17.1. The van der Waals surface area contributed by atoms with E-state index < -0.39 is 11.1 Å². The number of carbonyl (C=O) groups excluding carboxylic acids is 1. The van der Waals surface area contributed by atoms with Gasteiger partial charge in [-0.2, -0.15) is 4.98 Å². The van der Waals surface area contributed by atoms with E-state index in [4.69, 9.17) is 9.47 Å². The molecule has 1 aromatic heterocycles. The molecule has 0 radical (unpaired) electrons. The van der Waals surface area contributed by atoms with Crippen LogP contribution >= 0.6 is 0 Å². The first-order chi connectivity index (χ1) is 11.7. The SMILES string of the molecule is COc1nc(C)cc(NC2(CO)CCN(C(=O)OC(C)(C)C)CC2)n1. The summed E-state index contributed by atoms with van der Waals surface area (Å²) in [5, 5.41) is 13.2. The van der Waals surface area contributed by atoms with Crippen LogP contribution in [-0.4, -0.2) is 64.0 Å². The van der Waals surface area contributed by atoms with Crippen molar-refractivity contribution in [3.8, 4) is 6.01 Å². The second kappa shape index (κ2) is 7.43. The molecule has 0 atom stereocenters. The van der Waals surface area contributed by atoms with Crippen LogP contribution in [0.5, 0.6) is 6.01 Å². The van der Waals surface area contributed by atoms with Crippen molar-refractivity contribution >= 4 is 11.9 Å². The highest BCUT2D eigenvalue weighted by Crippen LogP contribution is 2.27. The van der Waals surface area contributed by atoms with Gasteiger partial charge in [0.05, 0.1) is 19.3 Å². The Morgan fingerprint density at radius 1 is 1.36 bits per heavy atom. The molecule has 8 nitrogen and oxygen atoms in total. The van der Waals surface area contributed by atoms with E-state index in [0.717, 1.165) is 5.69 Å². The van der Waals surface area contributed by atoms with Gasteiger partial charge in [0, 0.05) is 24.8 Å². The van der Waals surface area contributed by atoms with E-state index in [1.54, 1.807) is 11.0 Å². The third-order valence-electron chi connectivity index (χ3n) is 4.08. The van der Waals surface area contributed by atoms with Crippen LogP contribution in [0, 0.1) is 6.92 Å². The molecule has 140 valence electrons. The summed E-state index contributed by atoms with van der Waals surface area (Å²) < 4.78 is 10.5. The first-order valence-electron chi connectivity index (χ1n) is 8.43. The van der Waals surface area contributed by atoms with Crippen molar-refractivity contribution in [1.82, 2.24) is 14.9 Å². The molecule has 1 aliphatic rings. The summed E-state index contributed by atoms with van der Waals surface area (Å²) in [7, 11) is 1.51. The summed E-state index contributed by atoms with van der Waals surface area (Å²) in [6.07, 6.45) is 0.862.